The van der Waals surface area contributed by atoms with Gasteiger partial charge < -0.3 is 4.57 Å². The Hall–Kier alpha value is -1.28. The van der Waals surface area contributed by atoms with E-state index in [2.05, 4.69) is 59.8 Å². The Morgan fingerprint density at radius 3 is 2.53 bits per heavy atom. The average molecular weight is 202 g/mol. The second-order valence-electron chi connectivity index (χ2n) is 3.79. The van der Waals surface area contributed by atoms with Crippen molar-refractivity contribution in [3.05, 3.63) is 36.5 Å². The molecule has 0 saturated heterocycles. The molecule has 2 aromatic rings. The molecule has 0 unspecified atom stereocenters. The van der Waals surface area contributed by atoms with E-state index in [0.717, 1.165) is 19.8 Å². The van der Waals surface area contributed by atoms with Crippen LogP contribution in [0.4, 0.5) is 0 Å². The Morgan fingerprint density at radius 2 is 1.80 bits per heavy atom. The number of fused-ring (bicyclic) bond motifs is 1. The molecule has 0 radical (unpaired) electrons. The van der Waals surface area contributed by atoms with Crippen LogP contribution in [-0.4, -0.2) is 22.6 Å². The minimum absolute atomic E-state index is 0.987. The number of hydrogen-bond donors (Lipinski definition) is 0. The SMILES string of the molecule is CCN(CC)Cn1ccc2ccccc21. The van der Waals surface area contributed by atoms with E-state index in [-0.39, 0.29) is 0 Å². The molecule has 0 aliphatic heterocycles. The molecule has 0 aliphatic rings. The van der Waals surface area contributed by atoms with Crippen LogP contribution in [0.15, 0.2) is 36.5 Å². The first-order valence-electron chi connectivity index (χ1n) is 5.61. The fraction of sp³-hybridized carbons (Fsp3) is 0.385. The number of nitrogens with zero attached hydrogens (tertiary/aromatic N) is 2. The lowest BCUT2D eigenvalue weighted by atomic mass is 10.2. The molecular weight excluding hydrogens is 184 g/mol. The highest BCUT2D eigenvalue weighted by atomic mass is 15.2. The zero-order chi connectivity index (χ0) is 10.7. The molecule has 0 amide bonds. The third-order valence-corrected chi connectivity index (χ3v) is 2.93. The third kappa shape index (κ3) is 2.05. The summed E-state index contributed by atoms with van der Waals surface area (Å²) in [5.74, 6) is 0. The third-order valence-electron chi connectivity index (χ3n) is 2.93. The van der Waals surface area contributed by atoms with Gasteiger partial charge in [0, 0.05) is 11.7 Å². The highest BCUT2D eigenvalue weighted by Gasteiger charge is 2.03. The van der Waals surface area contributed by atoms with Crippen molar-refractivity contribution in [2.75, 3.05) is 13.1 Å². The van der Waals surface area contributed by atoms with E-state index in [9.17, 15) is 0 Å². The summed E-state index contributed by atoms with van der Waals surface area (Å²) in [4.78, 5) is 2.41. The Balaban J connectivity index is 2.28. The molecule has 80 valence electrons. The molecule has 0 atom stereocenters. The quantitative estimate of drug-likeness (QED) is 0.740. The van der Waals surface area contributed by atoms with E-state index in [1.165, 1.54) is 10.9 Å². The van der Waals surface area contributed by atoms with Crippen LogP contribution >= 0.6 is 0 Å². The van der Waals surface area contributed by atoms with Gasteiger partial charge in [-0.2, -0.15) is 0 Å². The van der Waals surface area contributed by atoms with Crippen LogP contribution in [0.5, 0.6) is 0 Å². The molecule has 1 aromatic carbocycles. The first kappa shape index (κ1) is 10.2. The van der Waals surface area contributed by atoms with Gasteiger partial charge in [0.2, 0.25) is 0 Å². The molecule has 1 aromatic heterocycles. The van der Waals surface area contributed by atoms with Crippen LogP contribution in [0.2, 0.25) is 0 Å². The molecule has 0 fully saturated rings. The van der Waals surface area contributed by atoms with Gasteiger partial charge in [0.05, 0.1) is 6.67 Å². The lowest BCUT2D eigenvalue weighted by Crippen LogP contribution is -2.25. The minimum atomic E-state index is 0.987. The number of hydrogen-bond acceptors (Lipinski definition) is 1. The maximum atomic E-state index is 2.41. The number of para-hydroxylation sites is 1. The monoisotopic (exact) mass is 202 g/mol. The summed E-state index contributed by atoms with van der Waals surface area (Å²) >= 11 is 0. The Kier molecular flexibility index (Phi) is 3.07. The molecule has 2 nitrogen and oxygen atoms in total. The summed E-state index contributed by atoms with van der Waals surface area (Å²) in [6.07, 6.45) is 2.17. The summed E-state index contributed by atoms with van der Waals surface area (Å²) in [6.45, 7) is 7.59. The molecular formula is C13H18N2. The van der Waals surface area contributed by atoms with E-state index in [1.807, 2.05) is 0 Å². The van der Waals surface area contributed by atoms with Gasteiger partial charge in [-0.05, 0) is 30.6 Å². The fourth-order valence-corrected chi connectivity index (χ4v) is 1.90. The van der Waals surface area contributed by atoms with Gasteiger partial charge in [0.15, 0.2) is 0 Å². The summed E-state index contributed by atoms with van der Waals surface area (Å²) in [6, 6.07) is 10.7. The van der Waals surface area contributed by atoms with E-state index >= 15 is 0 Å². The van der Waals surface area contributed by atoms with Gasteiger partial charge in [0.25, 0.3) is 0 Å². The maximum absolute atomic E-state index is 2.41. The van der Waals surface area contributed by atoms with Crippen LogP contribution in [0.25, 0.3) is 10.9 Å². The second-order valence-corrected chi connectivity index (χ2v) is 3.79. The zero-order valence-corrected chi connectivity index (χ0v) is 9.48. The van der Waals surface area contributed by atoms with Crippen molar-refractivity contribution in [2.24, 2.45) is 0 Å². The Morgan fingerprint density at radius 1 is 1.07 bits per heavy atom. The van der Waals surface area contributed by atoms with Crippen molar-refractivity contribution in [3.63, 3.8) is 0 Å². The second kappa shape index (κ2) is 4.49. The maximum Gasteiger partial charge on any atom is 0.0750 e. The van der Waals surface area contributed by atoms with Gasteiger partial charge in [-0.15, -0.1) is 0 Å². The average Bonchev–Trinajstić information content (AvgIpc) is 2.69. The lowest BCUT2D eigenvalue weighted by Gasteiger charge is -2.19. The first-order chi connectivity index (χ1) is 7.35. The predicted octanol–water partition coefficient (Wildman–Crippen LogP) is 2.94. The molecule has 1 heterocycles. The van der Waals surface area contributed by atoms with Crippen LogP contribution < -0.4 is 0 Å². The van der Waals surface area contributed by atoms with Gasteiger partial charge >= 0.3 is 0 Å². The van der Waals surface area contributed by atoms with E-state index in [4.69, 9.17) is 0 Å². The van der Waals surface area contributed by atoms with Crippen molar-refractivity contribution in [2.45, 2.75) is 20.5 Å². The first-order valence-corrected chi connectivity index (χ1v) is 5.61. The minimum Gasteiger partial charge on any atom is -0.334 e. The normalized spacial score (nSPS) is 11.4. The Bertz CT molecular complexity index is 427. The van der Waals surface area contributed by atoms with Crippen LogP contribution in [-0.2, 0) is 6.67 Å². The van der Waals surface area contributed by atoms with E-state index in [0.29, 0.717) is 0 Å². The molecule has 0 spiro atoms. The summed E-state index contributed by atoms with van der Waals surface area (Å²) in [7, 11) is 0. The molecule has 2 heteroatoms. The largest absolute Gasteiger partial charge is 0.334 e. The number of aromatic nitrogens is 1. The van der Waals surface area contributed by atoms with Crippen LogP contribution in [0.3, 0.4) is 0 Å². The van der Waals surface area contributed by atoms with Crippen LogP contribution in [0, 0.1) is 0 Å². The highest BCUT2D eigenvalue weighted by molar-refractivity contribution is 5.79. The number of rotatable bonds is 4. The topological polar surface area (TPSA) is 8.17 Å². The van der Waals surface area contributed by atoms with Crippen molar-refractivity contribution >= 4 is 10.9 Å². The smallest absolute Gasteiger partial charge is 0.0750 e. The summed E-state index contributed by atoms with van der Waals surface area (Å²) < 4.78 is 2.31. The van der Waals surface area contributed by atoms with Crippen molar-refractivity contribution < 1.29 is 0 Å². The summed E-state index contributed by atoms with van der Waals surface area (Å²) in [5, 5.41) is 1.32. The van der Waals surface area contributed by atoms with E-state index < -0.39 is 0 Å². The standard InChI is InChI=1S/C13H18N2/c1-3-14(4-2)11-15-10-9-12-7-5-6-8-13(12)15/h5-10H,3-4,11H2,1-2H3. The summed E-state index contributed by atoms with van der Waals surface area (Å²) in [5.41, 5.74) is 1.32. The van der Waals surface area contributed by atoms with Crippen molar-refractivity contribution in [1.29, 1.82) is 0 Å². The van der Waals surface area contributed by atoms with Gasteiger partial charge in [-0.25, -0.2) is 0 Å². The highest BCUT2D eigenvalue weighted by Crippen LogP contribution is 2.15. The number of benzene rings is 1. The Labute approximate surface area is 91.1 Å². The van der Waals surface area contributed by atoms with Gasteiger partial charge in [-0.1, -0.05) is 32.0 Å². The molecule has 0 N–H and O–H groups in total. The molecule has 0 saturated carbocycles. The van der Waals surface area contributed by atoms with Crippen LogP contribution in [0.1, 0.15) is 13.8 Å². The fourth-order valence-electron chi connectivity index (χ4n) is 1.90. The lowest BCUT2D eigenvalue weighted by molar-refractivity contribution is 0.246. The van der Waals surface area contributed by atoms with Gasteiger partial charge in [0.1, 0.15) is 0 Å². The van der Waals surface area contributed by atoms with Gasteiger partial charge in [-0.3, -0.25) is 4.90 Å². The van der Waals surface area contributed by atoms with Crippen molar-refractivity contribution in [3.8, 4) is 0 Å². The molecule has 0 aliphatic carbocycles. The molecule has 0 bridgehead atoms. The molecule has 15 heavy (non-hydrogen) atoms. The van der Waals surface area contributed by atoms with E-state index in [1.54, 1.807) is 0 Å². The van der Waals surface area contributed by atoms with Crippen molar-refractivity contribution in [1.82, 2.24) is 9.47 Å². The zero-order valence-electron chi connectivity index (χ0n) is 9.48. The molecule has 2 rings (SSSR count). The predicted molar refractivity (Wildman–Crippen MR) is 64.9 cm³/mol.